The van der Waals surface area contributed by atoms with Crippen molar-refractivity contribution in [2.75, 3.05) is 11.9 Å². The van der Waals surface area contributed by atoms with E-state index in [0.717, 1.165) is 29.9 Å². The fourth-order valence-electron chi connectivity index (χ4n) is 1.69. The van der Waals surface area contributed by atoms with E-state index in [1.54, 1.807) is 6.07 Å². The quantitative estimate of drug-likeness (QED) is 0.898. The van der Waals surface area contributed by atoms with E-state index in [-0.39, 0.29) is 23.0 Å². The first kappa shape index (κ1) is 15.6. The lowest BCUT2D eigenvalue weighted by atomic mass is 10.1. The number of hydrogen-bond acceptors (Lipinski definition) is 2. The van der Waals surface area contributed by atoms with Gasteiger partial charge in [0.1, 0.15) is 5.02 Å². The number of H-pyrrole nitrogens is 1. The Labute approximate surface area is 123 Å². The SMILES string of the molecule is CCCNc1cccc(-c2ccc(Cl)c(=O)[nH]2)c1.Cl. The van der Waals surface area contributed by atoms with Crippen molar-refractivity contribution in [3.8, 4) is 11.3 Å². The van der Waals surface area contributed by atoms with Gasteiger partial charge in [0.15, 0.2) is 0 Å². The second-order valence-corrected chi connectivity index (χ2v) is 4.46. The second kappa shape index (κ2) is 7.22. The van der Waals surface area contributed by atoms with Crippen LogP contribution in [-0.2, 0) is 0 Å². The third-order valence-corrected chi connectivity index (χ3v) is 2.91. The number of benzene rings is 1. The van der Waals surface area contributed by atoms with Crippen LogP contribution in [0, 0.1) is 0 Å². The van der Waals surface area contributed by atoms with Crippen LogP contribution in [0.1, 0.15) is 13.3 Å². The molecule has 0 fully saturated rings. The maximum Gasteiger partial charge on any atom is 0.267 e. The van der Waals surface area contributed by atoms with Crippen molar-refractivity contribution in [1.82, 2.24) is 4.98 Å². The zero-order valence-corrected chi connectivity index (χ0v) is 12.1. The second-order valence-electron chi connectivity index (χ2n) is 4.06. The highest BCUT2D eigenvalue weighted by atomic mass is 35.5. The van der Waals surface area contributed by atoms with Crippen molar-refractivity contribution in [3.05, 3.63) is 51.8 Å². The van der Waals surface area contributed by atoms with Crippen molar-refractivity contribution in [3.63, 3.8) is 0 Å². The summed E-state index contributed by atoms with van der Waals surface area (Å²) in [6, 6.07) is 11.4. The van der Waals surface area contributed by atoms with E-state index in [1.165, 1.54) is 0 Å². The van der Waals surface area contributed by atoms with Gasteiger partial charge in [-0.05, 0) is 30.7 Å². The van der Waals surface area contributed by atoms with Crippen LogP contribution in [0.25, 0.3) is 11.3 Å². The molecule has 1 aromatic heterocycles. The molecule has 2 rings (SSSR count). The Morgan fingerprint density at radius 1 is 1.26 bits per heavy atom. The molecular formula is C14H16Cl2N2O. The number of rotatable bonds is 4. The summed E-state index contributed by atoms with van der Waals surface area (Å²) >= 11 is 5.71. The van der Waals surface area contributed by atoms with Crippen LogP contribution in [-0.4, -0.2) is 11.5 Å². The van der Waals surface area contributed by atoms with Crippen molar-refractivity contribution < 1.29 is 0 Å². The number of aromatic amines is 1. The summed E-state index contributed by atoms with van der Waals surface area (Å²) in [7, 11) is 0. The smallest absolute Gasteiger partial charge is 0.267 e. The molecule has 0 bridgehead atoms. The summed E-state index contributed by atoms with van der Waals surface area (Å²) in [6.45, 7) is 3.05. The molecule has 19 heavy (non-hydrogen) atoms. The lowest BCUT2D eigenvalue weighted by Crippen LogP contribution is -2.06. The largest absolute Gasteiger partial charge is 0.385 e. The van der Waals surface area contributed by atoms with Gasteiger partial charge in [0, 0.05) is 23.5 Å². The van der Waals surface area contributed by atoms with Crippen molar-refractivity contribution in [1.29, 1.82) is 0 Å². The molecule has 2 aromatic rings. The first-order chi connectivity index (χ1) is 8.70. The highest BCUT2D eigenvalue weighted by Gasteiger charge is 2.02. The van der Waals surface area contributed by atoms with Crippen LogP contribution in [0.4, 0.5) is 5.69 Å². The molecule has 0 saturated carbocycles. The number of aromatic nitrogens is 1. The average Bonchev–Trinajstić information content (AvgIpc) is 2.40. The third-order valence-electron chi connectivity index (χ3n) is 2.61. The Balaban J connectivity index is 0.00000180. The van der Waals surface area contributed by atoms with E-state index in [9.17, 15) is 4.79 Å². The lowest BCUT2D eigenvalue weighted by molar-refractivity contribution is 0.980. The molecule has 0 unspecified atom stereocenters. The Morgan fingerprint density at radius 2 is 2.05 bits per heavy atom. The molecule has 3 nitrogen and oxygen atoms in total. The van der Waals surface area contributed by atoms with E-state index in [4.69, 9.17) is 11.6 Å². The Bertz CT molecular complexity index is 596. The molecule has 5 heteroatoms. The van der Waals surface area contributed by atoms with Gasteiger partial charge in [0.05, 0.1) is 0 Å². The molecule has 0 radical (unpaired) electrons. The minimum Gasteiger partial charge on any atom is -0.385 e. The molecule has 0 aliphatic rings. The van der Waals surface area contributed by atoms with Gasteiger partial charge in [-0.25, -0.2) is 0 Å². The number of halogens is 2. The highest BCUT2D eigenvalue weighted by molar-refractivity contribution is 6.30. The maximum absolute atomic E-state index is 11.5. The molecule has 0 saturated heterocycles. The predicted octanol–water partition coefficient (Wildman–Crippen LogP) is 3.94. The fraction of sp³-hybridized carbons (Fsp3) is 0.214. The summed E-state index contributed by atoms with van der Waals surface area (Å²) in [5.74, 6) is 0. The molecule has 0 atom stereocenters. The Kier molecular flexibility index (Phi) is 5.93. The van der Waals surface area contributed by atoms with Gasteiger partial charge in [0.25, 0.3) is 5.56 Å². The molecule has 0 aliphatic heterocycles. The minimum absolute atomic E-state index is 0. The molecule has 102 valence electrons. The predicted molar refractivity (Wildman–Crippen MR) is 83.5 cm³/mol. The molecule has 1 heterocycles. The zero-order chi connectivity index (χ0) is 13.0. The monoisotopic (exact) mass is 298 g/mol. The van der Waals surface area contributed by atoms with Crippen molar-refractivity contribution in [2.24, 2.45) is 0 Å². The number of anilines is 1. The standard InChI is InChI=1S/C14H15ClN2O.ClH/c1-2-8-16-11-5-3-4-10(9-11)13-7-6-12(15)14(18)17-13;/h3-7,9,16H,2,8H2,1H3,(H,17,18);1H. The van der Waals surface area contributed by atoms with Gasteiger partial charge in [-0.3, -0.25) is 4.79 Å². The van der Waals surface area contributed by atoms with Gasteiger partial charge in [-0.15, -0.1) is 12.4 Å². The fourth-order valence-corrected chi connectivity index (χ4v) is 1.80. The summed E-state index contributed by atoms with van der Waals surface area (Å²) < 4.78 is 0. The molecule has 0 amide bonds. The summed E-state index contributed by atoms with van der Waals surface area (Å²) in [5, 5.41) is 3.52. The van der Waals surface area contributed by atoms with Crippen LogP contribution in [0.15, 0.2) is 41.2 Å². The molecule has 0 spiro atoms. The molecule has 2 N–H and O–H groups in total. The van der Waals surface area contributed by atoms with E-state index in [0.29, 0.717) is 0 Å². The highest BCUT2D eigenvalue weighted by Crippen LogP contribution is 2.20. The van der Waals surface area contributed by atoms with Crippen LogP contribution >= 0.6 is 24.0 Å². The zero-order valence-electron chi connectivity index (χ0n) is 10.6. The average molecular weight is 299 g/mol. The van der Waals surface area contributed by atoms with Gasteiger partial charge in [-0.1, -0.05) is 30.7 Å². The molecule has 1 aromatic carbocycles. The van der Waals surface area contributed by atoms with Crippen molar-refractivity contribution in [2.45, 2.75) is 13.3 Å². The first-order valence-electron chi connectivity index (χ1n) is 5.94. The topological polar surface area (TPSA) is 44.9 Å². The van der Waals surface area contributed by atoms with Gasteiger partial charge in [-0.2, -0.15) is 0 Å². The van der Waals surface area contributed by atoms with Crippen molar-refractivity contribution >= 4 is 29.7 Å². The van der Waals surface area contributed by atoms with E-state index in [2.05, 4.69) is 17.2 Å². The summed E-state index contributed by atoms with van der Waals surface area (Å²) in [4.78, 5) is 14.2. The third kappa shape index (κ3) is 4.01. The minimum atomic E-state index is -0.263. The van der Waals surface area contributed by atoms with Crippen LogP contribution in [0.5, 0.6) is 0 Å². The van der Waals surface area contributed by atoms with Gasteiger partial charge >= 0.3 is 0 Å². The number of pyridine rings is 1. The lowest BCUT2D eigenvalue weighted by Gasteiger charge is -2.07. The van der Waals surface area contributed by atoms with E-state index >= 15 is 0 Å². The normalized spacial score (nSPS) is 9.79. The number of hydrogen-bond donors (Lipinski definition) is 2. The van der Waals surface area contributed by atoms with Gasteiger partial charge < -0.3 is 10.3 Å². The van der Waals surface area contributed by atoms with E-state index in [1.807, 2.05) is 30.3 Å². The summed E-state index contributed by atoms with van der Waals surface area (Å²) in [6.07, 6.45) is 1.07. The Morgan fingerprint density at radius 3 is 2.74 bits per heavy atom. The molecular weight excluding hydrogens is 283 g/mol. The molecule has 0 aliphatic carbocycles. The van der Waals surface area contributed by atoms with E-state index < -0.39 is 0 Å². The van der Waals surface area contributed by atoms with Crippen LogP contribution < -0.4 is 10.9 Å². The van der Waals surface area contributed by atoms with Crippen LogP contribution in [0.2, 0.25) is 5.02 Å². The number of nitrogens with one attached hydrogen (secondary N) is 2. The van der Waals surface area contributed by atoms with Gasteiger partial charge in [0.2, 0.25) is 0 Å². The Hall–Kier alpha value is -1.45. The maximum atomic E-state index is 11.5. The summed E-state index contributed by atoms with van der Waals surface area (Å²) in [5.41, 5.74) is 2.51. The first-order valence-corrected chi connectivity index (χ1v) is 6.31. The van der Waals surface area contributed by atoms with Crippen LogP contribution in [0.3, 0.4) is 0 Å².